The molecular weight excluding hydrogens is 844 g/mol. The van der Waals surface area contributed by atoms with Crippen LogP contribution in [0, 0.1) is 21.4 Å². The molecule has 16 heteroatoms. The number of aromatic amines is 1. The molecular formula is C47H53ClN6O8S. The number of amides is 1. The van der Waals surface area contributed by atoms with Crippen molar-refractivity contribution in [1.29, 1.82) is 0 Å². The summed E-state index contributed by atoms with van der Waals surface area (Å²) < 4.78 is 47.8. The molecule has 3 aromatic carbocycles. The molecule has 2 unspecified atom stereocenters. The van der Waals surface area contributed by atoms with E-state index in [-0.39, 0.29) is 46.6 Å². The minimum atomic E-state index is -4.62. The fraction of sp³-hybridized carbons (Fsp3) is 0.404. The number of hydrogen-bond acceptors (Lipinski definition) is 11. The predicted octanol–water partition coefficient (Wildman–Crippen LogP) is 9.45. The molecule has 3 aliphatic rings. The quantitative estimate of drug-likeness (QED) is 0.0758. The van der Waals surface area contributed by atoms with Crippen LogP contribution in [0.3, 0.4) is 0 Å². The third-order valence-electron chi connectivity index (χ3n) is 12.3. The number of H-pyrrole nitrogens is 1. The van der Waals surface area contributed by atoms with E-state index in [1.807, 2.05) is 32.0 Å². The minimum absolute atomic E-state index is 0.0562. The first-order chi connectivity index (χ1) is 30.0. The SMILES string of the molecule is CC1(C)CCC(CC2CNCCN2c2ccc(C(=O)NS(=O)(=O)c3ccc(OCC4CCOC(C)(C)C4)c([N+](=O)[O-])c3)c(Oc3cnc4[nH]ccc4c3)c2)=C(c2ccc(Cl)cc2)C1. The highest BCUT2D eigenvalue weighted by molar-refractivity contribution is 7.90. The molecule has 14 nitrogen and oxygen atoms in total. The smallest absolute Gasteiger partial charge is 0.312 e. The zero-order chi connectivity index (χ0) is 44.5. The van der Waals surface area contributed by atoms with E-state index >= 15 is 0 Å². The molecule has 8 rings (SSSR count). The van der Waals surface area contributed by atoms with Gasteiger partial charge < -0.3 is 29.4 Å². The Bertz CT molecular complexity index is 2660. The lowest BCUT2D eigenvalue weighted by atomic mass is 9.71. The van der Waals surface area contributed by atoms with Crippen molar-refractivity contribution >= 4 is 55.5 Å². The number of halogens is 1. The number of nitro benzene ring substituents is 1. The van der Waals surface area contributed by atoms with Gasteiger partial charge in [-0.2, -0.15) is 0 Å². The van der Waals surface area contributed by atoms with Gasteiger partial charge >= 0.3 is 5.69 Å². The summed E-state index contributed by atoms with van der Waals surface area (Å²) in [5.41, 5.74) is 4.62. The molecule has 0 bridgehead atoms. The number of hydrogen-bond donors (Lipinski definition) is 3. The summed E-state index contributed by atoms with van der Waals surface area (Å²) in [6.07, 6.45) is 8.54. The Morgan fingerprint density at radius 2 is 1.87 bits per heavy atom. The van der Waals surface area contributed by atoms with E-state index < -0.39 is 31.4 Å². The topological polar surface area (TPSA) is 178 Å². The monoisotopic (exact) mass is 896 g/mol. The Morgan fingerprint density at radius 3 is 2.65 bits per heavy atom. The summed E-state index contributed by atoms with van der Waals surface area (Å²) in [5, 5.41) is 17.2. The van der Waals surface area contributed by atoms with Gasteiger partial charge in [0, 0.05) is 66.7 Å². The molecule has 0 radical (unpaired) electrons. The van der Waals surface area contributed by atoms with Gasteiger partial charge in [-0.3, -0.25) is 14.9 Å². The number of sulfonamides is 1. The van der Waals surface area contributed by atoms with Crippen molar-refractivity contribution < 1.29 is 32.3 Å². The maximum Gasteiger partial charge on any atom is 0.312 e. The average molecular weight is 897 g/mol. The molecule has 2 fully saturated rings. The Hall–Kier alpha value is -5.48. The van der Waals surface area contributed by atoms with Gasteiger partial charge in [-0.1, -0.05) is 43.2 Å². The number of ether oxygens (including phenoxy) is 3. The van der Waals surface area contributed by atoms with Crippen LogP contribution in [0.15, 0.2) is 95.7 Å². The lowest BCUT2D eigenvalue weighted by molar-refractivity contribution is -0.386. The van der Waals surface area contributed by atoms with E-state index in [1.165, 1.54) is 35.0 Å². The normalized spacial score (nSPS) is 20.0. The van der Waals surface area contributed by atoms with Gasteiger partial charge in [0.25, 0.3) is 15.9 Å². The first kappa shape index (κ1) is 44.1. The number of anilines is 1. The number of nitro groups is 1. The Kier molecular flexibility index (Phi) is 12.6. The number of aromatic nitrogens is 2. The van der Waals surface area contributed by atoms with Crippen LogP contribution >= 0.6 is 11.6 Å². The standard InChI is InChI=1S/C47H53ClN6O8S/c1-46(2)16-13-32(40(26-46)31-5-7-34(48)8-6-31)21-36-27-49-18-19-53(36)35-9-11-39(43(23-35)62-37-22-33-14-17-50-44(33)51-28-37)45(55)52-63(58,59)38-10-12-42(41(24-38)54(56)57)60-29-30-15-20-61-47(3,4)25-30/h5-12,14,17,22-24,28,30,36,49H,13,15-16,18-21,25-27,29H2,1-4H3,(H,50,51)(H,52,55). The summed E-state index contributed by atoms with van der Waals surface area (Å²) in [4.78, 5) is 34.9. The van der Waals surface area contributed by atoms with Crippen molar-refractivity contribution in [3.05, 3.63) is 117 Å². The van der Waals surface area contributed by atoms with E-state index in [1.54, 1.807) is 30.5 Å². The number of benzene rings is 3. The summed E-state index contributed by atoms with van der Waals surface area (Å²) in [6.45, 7) is 11.5. The Balaban J connectivity index is 1.08. The van der Waals surface area contributed by atoms with Crippen LogP contribution in [0.5, 0.6) is 17.2 Å². The zero-order valence-corrected chi connectivity index (χ0v) is 37.5. The Morgan fingerprint density at radius 1 is 1.06 bits per heavy atom. The van der Waals surface area contributed by atoms with Crippen molar-refractivity contribution in [2.75, 3.05) is 37.7 Å². The van der Waals surface area contributed by atoms with Gasteiger partial charge in [-0.05, 0) is 123 Å². The number of fused-ring (bicyclic) bond motifs is 1. The van der Waals surface area contributed by atoms with Gasteiger partial charge in [0.2, 0.25) is 0 Å². The molecule has 2 aliphatic heterocycles. The summed E-state index contributed by atoms with van der Waals surface area (Å²) in [6, 6.07) is 20.2. The van der Waals surface area contributed by atoms with E-state index in [0.717, 1.165) is 62.3 Å². The number of rotatable bonds is 13. The second-order valence-electron chi connectivity index (χ2n) is 18.2. The third kappa shape index (κ3) is 10.3. The van der Waals surface area contributed by atoms with Gasteiger partial charge in [0.05, 0.1) is 33.8 Å². The maximum atomic E-state index is 14.1. The number of carbonyl (C=O) groups is 1. The van der Waals surface area contributed by atoms with Gasteiger partial charge in [0.1, 0.15) is 17.1 Å². The van der Waals surface area contributed by atoms with Gasteiger partial charge in [0.15, 0.2) is 5.75 Å². The number of piperazine rings is 1. The van der Waals surface area contributed by atoms with Gasteiger partial charge in [-0.25, -0.2) is 18.1 Å². The van der Waals surface area contributed by atoms with E-state index in [2.05, 4.69) is 50.9 Å². The van der Waals surface area contributed by atoms with E-state index in [4.69, 9.17) is 25.8 Å². The predicted molar refractivity (Wildman–Crippen MR) is 243 cm³/mol. The van der Waals surface area contributed by atoms with Crippen LogP contribution in [-0.4, -0.2) is 73.7 Å². The van der Waals surface area contributed by atoms with Crippen LogP contribution in [-0.2, 0) is 14.8 Å². The molecule has 0 saturated carbocycles. The second kappa shape index (κ2) is 17.9. The van der Waals surface area contributed by atoms with Crippen molar-refractivity contribution in [2.24, 2.45) is 11.3 Å². The van der Waals surface area contributed by atoms with Crippen LogP contribution in [0.1, 0.15) is 82.1 Å². The Labute approximate surface area is 372 Å². The number of pyridine rings is 1. The minimum Gasteiger partial charge on any atom is -0.487 e. The summed E-state index contributed by atoms with van der Waals surface area (Å²) in [5.74, 6) is -0.486. The van der Waals surface area contributed by atoms with E-state index in [9.17, 15) is 23.3 Å². The first-order valence-electron chi connectivity index (χ1n) is 21.3. The number of allylic oxidation sites excluding steroid dienone is 1. The summed E-state index contributed by atoms with van der Waals surface area (Å²) in [7, 11) is -4.62. The largest absolute Gasteiger partial charge is 0.487 e. The molecule has 4 heterocycles. The van der Waals surface area contributed by atoms with Crippen LogP contribution < -0.4 is 24.4 Å². The lowest BCUT2D eigenvalue weighted by Gasteiger charge is -2.41. The molecule has 5 aromatic rings. The highest BCUT2D eigenvalue weighted by atomic mass is 35.5. The fourth-order valence-corrected chi connectivity index (χ4v) is 10.1. The average Bonchev–Trinajstić information content (AvgIpc) is 3.71. The lowest BCUT2D eigenvalue weighted by Crippen LogP contribution is -2.51. The molecule has 2 saturated heterocycles. The molecule has 2 aromatic heterocycles. The van der Waals surface area contributed by atoms with Crippen molar-refractivity contribution in [3.8, 4) is 17.2 Å². The van der Waals surface area contributed by atoms with Crippen LogP contribution in [0.2, 0.25) is 5.02 Å². The molecule has 3 N–H and O–H groups in total. The van der Waals surface area contributed by atoms with Crippen molar-refractivity contribution in [1.82, 2.24) is 20.0 Å². The number of nitrogens with zero attached hydrogens (tertiary/aromatic N) is 3. The maximum absolute atomic E-state index is 14.1. The zero-order valence-electron chi connectivity index (χ0n) is 35.9. The molecule has 2 atom stereocenters. The molecule has 1 amide bonds. The molecule has 332 valence electrons. The summed E-state index contributed by atoms with van der Waals surface area (Å²) >= 11 is 6.29. The fourth-order valence-electron chi connectivity index (χ4n) is 9.02. The van der Waals surface area contributed by atoms with Crippen LogP contribution in [0.25, 0.3) is 16.6 Å². The highest BCUT2D eigenvalue weighted by Crippen LogP contribution is 2.45. The van der Waals surface area contributed by atoms with Crippen LogP contribution in [0.4, 0.5) is 11.4 Å². The molecule has 1 aliphatic carbocycles. The first-order valence-corrected chi connectivity index (χ1v) is 23.2. The van der Waals surface area contributed by atoms with Crippen molar-refractivity contribution in [3.63, 3.8) is 0 Å². The third-order valence-corrected chi connectivity index (χ3v) is 13.9. The van der Waals surface area contributed by atoms with Crippen molar-refractivity contribution in [2.45, 2.75) is 82.8 Å². The van der Waals surface area contributed by atoms with Gasteiger partial charge in [-0.15, -0.1) is 0 Å². The van der Waals surface area contributed by atoms with E-state index in [0.29, 0.717) is 36.0 Å². The molecule has 63 heavy (non-hydrogen) atoms. The number of carbonyl (C=O) groups excluding carboxylic acids is 1. The second-order valence-corrected chi connectivity index (χ2v) is 20.3. The number of nitrogens with one attached hydrogen (secondary N) is 3. The molecule has 0 spiro atoms. The highest BCUT2D eigenvalue weighted by Gasteiger charge is 2.33.